The van der Waals surface area contributed by atoms with Gasteiger partial charge in [-0.3, -0.25) is 4.57 Å². The van der Waals surface area contributed by atoms with Crippen molar-refractivity contribution in [2.45, 2.75) is 32.6 Å². The van der Waals surface area contributed by atoms with Crippen LogP contribution < -0.4 is 0 Å². The van der Waals surface area contributed by atoms with Crippen LogP contribution in [0.25, 0.3) is 0 Å². The van der Waals surface area contributed by atoms with Gasteiger partial charge < -0.3 is 14.7 Å². The molecule has 86 valence electrons. The van der Waals surface area contributed by atoms with E-state index in [2.05, 4.69) is 4.31 Å². The monoisotopic (exact) mass is 246 g/mol. The molecule has 0 bridgehead atoms. The minimum absolute atomic E-state index is 0.210. The molecule has 14 heavy (non-hydrogen) atoms. The molecule has 1 unspecified atom stereocenters. The summed E-state index contributed by atoms with van der Waals surface area (Å²) in [6, 6.07) is 0. The molecule has 0 saturated heterocycles. The molecule has 0 aliphatic rings. The molecule has 3 N–H and O–H groups in total. The Morgan fingerprint density at radius 2 is 1.64 bits per heavy atom. The minimum Gasteiger partial charge on any atom is -0.324 e. The van der Waals surface area contributed by atoms with Crippen LogP contribution in [0.5, 0.6) is 0 Å². The van der Waals surface area contributed by atoms with Gasteiger partial charge in [-0.15, -0.1) is 0 Å². The Hall–Kier alpha value is 0.300. The van der Waals surface area contributed by atoms with Gasteiger partial charge in [-0.05, 0) is 6.42 Å². The van der Waals surface area contributed by atoms with E-state index < -0.39 is 15.4 Å². The average molecular weight is 246 g/mol. The second-order valence-electron chi connectivity index (χ2n) is 2.99. The maximum absolute atomic E-state index is 11.0. The van der Waals surface area contributed by atoms with Crippen molar-refractivity contribution in [3.8, 4) is 0 Å². The van der Waals surface area contributed by atoms with Crippen molar-refractivity contribution in [3.05, 3.63) is 0 Å². The van der Waals surface area contributed by atoms with E-state index in [-0.39, 0.29) is 6.16 Å². The first kappa shape index (κ1) is 14.3. The smallest absolute Gasteiger partial charge is 0.324 e. The Labute approximate surface area is 83.1 Å². The summed E-state index contributed by atoms with van der Waals surface area (Å²) in [6.45, 7) is 1.99. The molecule has 0 heterocycles. The first-order valence-electron chi connectivity index (χ1n) is 4.35. The molecular formula is C6H16O6P2. The molecule has 6 nitrogen and oxygen atoms in total. The van der Waals surface area contributed by atoms with E-state index in [1.165, 1.54) is 0 Å². The number of hydrogen-bond donors (Lipinski definition) is 3. The molecule has 0 aliphatic heterocycles. The lowest BCUT2D eigenvalue weighted by atomic mass is 10.2. The van der Waals surface area contributed by atoms with Crippen LogP contribution in [0.15, 0.2) is 0 Å². The highest BCUT2D eigenvalue weighted by Gasteiger charge is 2.29. The molecule has 0 spiro atoms. The maximum atomic E-state index is 11.0. The fourth-order valence-corrected chi connectivity index (χ4v) is 3.22. The van der Waals surface area contributed by atoms with E-state index in [0.29, 0.717) is 6.42 Å². The Balaban J connectivity index is 3.85. The fourth-order valence-electron chi connectivity index (χ4n) is 0.945. The van der Waals surface area contributed by atoms with Crippen molar-refractivity contribution in [1.29, 1.82) is 0 Å². The molecule has 0 fully saturated rings. The second kappa shape index (κ2) is 6.01. The summed E-state index contributed by atoms with van der Waals surface area (Å²) in [5.41, 5.74) is 0. The van der Waals surface area contributed by atoms with Crippen LogP contribution in [-0.2, 0) is 13.4 Å². The molecule has 1 atom stereocenters. The van der Waals surface area contributed by atoms with Crippen LogP contribution in [0.2, 0.25) is 0 Å². The highest BCUT2D eigenvalue weighted by Crippen LogP contribution is 2.57. The van der Waals surface area contributed by atoms with Gasteiger partial charge in [0.25, 0.3) is 0 Å². The Morgan fingerprint density at radius 1 is 1.07 bits per heavy atom. The van der Waals surface area contributed by atoms with Crippen LogP contribution in [0.1, 0.15) is 32.6 Å². The Kier molecular flexibility index (Phi) is 6.14. The number of phosphoric acid groups is 1. The normalized spacial score (nSPS) is 16.6. The van der Waals surface area contributed by atoms with Crippen molar-refractivity contribution in [1.82, 2.24) is 0 Å². The van der Waals surface area contributed by atoms with E-state index in [1.54, 1.807) is 0 Å². The van der Waals surface area contributed by atoms with Crippen LogP contribution in [0.4, 0.5) is 0 Å². The molecule has 0 saturated carbocycles. The van der Waals surface area contributed by atoms with Gasteiger partial charge in [-0.25, -0.2) is 8.88 Å². The van der Waals surface area contributed by atoms with Gasteiger partial charge in [0.2, 0.25) is 0 Å². The summed E-state index contributed by atoms with van der Waals surface area (Å²) < 4.78 is 25.1. The van der Waals surface area contributed by atoms with Gasteiger partial charge in [-0.2, -0.15) is 0 Å². The van der Waals surface area contributed by atoms with E-state index >= 15 is 0 Å². The third-order valence-corrected chi connectivity index (χ3v) is 4.28. The van der Waals surface area contributed by atoms with Gasteiger partial charge in [0.05, 0.1) is 6.16 Å². The van der Waals surface area contributed by atoms with Gasteiger partial charge >= 0.3 is 15.4 Å². The van der Waals surface area contributed by atoms with Crippen molar-refractivity contribution in [3.63, 3.8) is 0 Å². The first-order valence-corrected chi connectivity index (χ1v) is 7.65. The third-order valence-electron chi connectivity index (χ3n) is 1.53. The molecule has 0 aliphatic carbocycles. The average Bonchev–Trinajstić information content (AvgIpc) is 1.93. The summed E-state index contributed by atoms with van der Waals surface area (Å²) in [6.07, 6.45) is 2.89. The third kappa shape index (κ3) is 8.88. The summed E-state index contributed by atoms with van der Waals surface area (Å²) in [5.74, 6) is 0. The van der Waals surface area contributed by atoms with E-state index in [0.717, 1.165) is 19.3 Å². The van der Waals surface area contributed by atoms with E-state index in [4.69, 9.17) is 14.7 Å². The summed E-state index contributed by atoms with van der Waals surface area (Å²) >= 11 is 0. The largest absolute Gasteiger partial charge is 0.476 e. The highest BCUT2D eigenvalue weighted by atomic mass is 31.3. The maximum Gasteiger partial charge on any atom is 0.476 e. The topological polar surface area (TPSA) is 104 Å². The zero-order valence-electron chi connectivity index (χ0n) is 8.00. The molecule has 0 aromatic heterocycles. The van der Waals surface area contributed by atoms with Crippen molar-refractivity contribution >= 4 is 15.4 Å². The predicted octanol–water partition coefficient (Wildman–Crippen LogP) is 1.86. The zero-order chi connectivity index (χ0) is 11.2. The van der Waals surface area contributed by atoms with E-state index in [1.807, 2.05) is 6.92 Å². The van der Waals surface area contributed by atoms with Crippen LogP contribution >= 0.6 is 15.4 Å². The molecule has 0 rings (SSSR count). The lowest BCUT2D eigenvalue weighted by molar-refractivity contribution is 0.263. The van der Waals surface area contributed by atoms with Gasteiger partial charge in [-0.1, -0.05) is 26.2 Å². The van der Waals surface area contributed by atoms with Gasteiger partial charge in [0, 0.05) is 0 Å². The fraction of sp³-hybridized carbons (Fsp3) is 1.00. The molecular weight excluding hydrogens is 230 g/mol. The summed E-state index contributed by atoms with van der Waals surface area (Å²) in [7, 11) is -8.97. The lowest BCUT2D eigenvalue weighted by Gasteiger charge is -2.11. The highest BCUT2D eigenvalue weighted by molar-refractivity contribution is 7.63. The summed E-state index contributed by atoms with van der Waals surface area (Å²) in [4.78, 5) is 25.6. The Bertz CT molecular complexity index is 247. The SMILES string of the molecule is CCCCCCP(=O)(O)OP(=O)(O)O. The van der Waals surface area contributed by atoms with Crippen LogP contribution in [0.3, 0.4) is 0 Å². The van der Waals surface area contributed by atoms with Gasteiger partial charge in [0.1, 0.15) is 0 Å². The standard InChI is InChI=1S/C6H16O6P2/c1-2-3-4-5-6-13(7,8)12-14(9,10)11/h2-6H2,1H3,(H,7,8)(H2,9,10,11). The lowest BCUT2D eigenvalue weighted by Crippen LogP contribution is -1.93. The summed E-state index contributed by atoms with van der Waals surface area (Å²) in [5, 5.41) is 0. The molecule has 8 heteroatoms. The van der Waals surface area contributed by atoms with Crippen LogP contribution in [0, 0.1) is 0 Å². The van der Waals surface area contributed by atoms with Crippen molar-refractivity contribution < 1.29 is 28.1 Å². The number of unbranched alkanes of at least 4 members (excludes halogenated alkanes) is 3. The second-order valence-corrected chi connectivity index (χ2v) is 6.35. The number of hydrogen-bond acceptors (Lipinski definition) is 3. The number of rotatable bonds is 7. The molecule has 0 radical (unpaired) electrons. The van der Waals surface area contributed by atoms with Crippen LogP contribution in [-0.4, -0.2) is 20.8 Å². The molecule has 0 aromatic rings. The van der Waals surface area contributed by atoms with Gasteiger partial charge in [0.15, 0.2) is 0 Å². The van der Waals surface area contributed by atoms with Crippen molar-refractivity contribution in [2.24, 2.45) is 0 Å². The quantitative estimate of drug-likeness (QED) is 0.467. The Morgan fingerprint density at radius 3 is 2.07 bits per heavy atom. The van der Waals surface area contributed by atoms with E-state index in [9.17, 15) is 9.13 Å². The zero-order valence-corrected chi connectivity index (χ0v) is 9.79. The predicted molar refractivity (Wildman–Crippen MR) is 52.0 cm³/mol. The first-order chi connectivity index (χ1) is 6.27. The minimum atomic E-state index is -4.86. The molecule has 0 amide bonds. The van der Waals surface area contributed by atoms with Crippen molar-refractivity contribution in [2.75, 3.05) is 6.16 Å². The molecule has 0 aromatic carbocycles.